The molecule has 24 heavy (non-hydrogen) atoms. The summed E-state index contributed by atoms with van der Waals surface area (Å²) in [5.41, 5.74) is 6.85. The van der Waals surface area contributed by atoms with E-state index in [0.29, 0.717) is 5.75 Å². The van der Waals surface area contributed by atoms with Gasteiger partial charge in [-0.3, -0.25) is 4.79 Å². The summed E-state index contributed by atoms with van der Waals surface area (Å²) in [6.07, 6.45) is 1.65. The van der Waals surface area contributed by atoms with Crippen LogP contribution in [-0.4, -0.2) is 22.9 Å². The van der Waals surface area contributed by atoms with E-state index in [1.54, 1.807) is 6.21 Å². The van der Waals surface area contributed by atoms with Crippen LogP contribution in [0, 0.1) is 6.92 Å². The zero-order chi connectivity index (χ0) is 16.9. The fourth-order valence-corrected chi connectivity index (χ4v) is 3.22. The highest BCUT2D eigenvalue weighted by Gasteiger charge is 2.16. The first kappa shape index (κ1) is 16.3. The Hall–Kier alpha value is -2.60. The molecule has 1 heterocycles. The van der Waals surface area contributed by atoms with E-state index >= 15 is 0 Å². The van der Waals surface area contributed by atoms with E-state index in [0.717, 1.165) is 27.3 Å². The number of para-hydroxylation sites is 2. The molecular weight excluding hydrogens is 320 g/mol. The fraction of sp³-hybridized carbons (Fsp3) is 0.167. The molecule has 1 aromatic heterocycles. The molecule has 0 unspecified atom stereocenters. The predicted molar refractivity (Wildman–Crippen MR) is 97.1 cm³/mol. The summed E-state index contributed by atoms with van der Waals surface area (Å²) in [5.74, 6) is 0.161. The number of carbonyl (C=O) groups is 1. The van der Waals surface area contributed by atoms with Crippen LogP contribution in [0.3, 0.4) is 0 Å². The average molecular weight is 339 g/mol. The number of rotatable bonds is 5. The van der Waals surface area contributed by atoms with Crippen LogP contribution in [0.25, 0.3) is 11.0 Å². The molecule has 3 rings (SSSR count). The number of thioether (sulfide) groups is 1. The van der Waals surface area contributed by atoms with Crippen molar-refractivity contribution in [3.8, 4) is 0 Å². The summed E-state index contributed by atoms with van der Waals surface area (Å²) in [6, 6.07) is 16.0. The van der Waals surface area contributed by atoms with Crippen LogP contribution in [0.1, 0.15) is 11.1 Å². The van der Waals surface area contributed by atoms with Crippen molar-refractivity contribution in [1.29, 1.82) is 0 Å². The third-order valence-electron chi connectivity index (χ3n) is 3.60. The van der Waals surface area contributed by atoms with E-state index in [9.17, 15) is 4.79 Å². The molecule has 0 atom stereocenters. The van der Waals surface area contributed by atoms with Gasteiger partial charge in [-0.1, -0.05) is 42.0 Å². The zero-order valence-corrected chi connectivity index (χ0v) is 14.4. The number of imidazole rings is 1. The lowest BCUT2D eigenvalue weighted by molar-refractivity contribution is -0.683. The topological polar surface area (TPSA) is 61.1 Å². The van der Waals surface area contributed by atoms with E-state index in [4.69, 9.17) is 0 Å². The largest absolute Gasteiger partial charge is 0.317 e. The van der Waals surface area contributed by atoms with Crippen molar-refractivity contribution in [2.75, 3.05) is 5.75 Å². The van der Waals surface area contributed by atoms with E-state index in [2.05, 4.69) is 15.5 Å². The van der Waals surface area contributed by atoms with Crippen LogP contribution in [0.5, 0.6) is 0 Å². The van der Waals surface area contributed by atoms with Crippen molar-refractivity contribution in [3.05, 3.63) is 59.7 Å². The lowest BCUT2D eigenvalue weighted by Crippen LogP contribution is -2.30. The van der Waals surface area contributed by atoms with Crippen molar-refractivity contribution < 1.29 is 9.36 Å². The number of hydrogen-bond acceptors (Lipinski definition) is 3. The average Bonchev–Trinajstić information content (AvgIpc) is 2.90. The number of fused-ring (bicyclic) bond motifs is 1. The Kier molecular flexibility index (Phi) is 4.96. The summed E-state index contributed by atoms with van der Waals surface area (Å²) in [6.45, 7) is 2.02. The standard InChI is InChI=1S/C18H18N4OS/c1-13-6-5-7-14(10-13)11-19-21-17(23)12-24-18-20-15-8-3-4-9-16(15)22(18)2/h3-11H,12H2,1-2H3,(H,21,23)/p+1. The highest BCUT2D eigenvalue weighted by Crippen LogP contribution is 2.16. The number of hydrazone groups is 1. The molecular formula is C18H19N4OS+. The van der Waals surface area contributed by atoms with Crippen molar-refractivity contribution in [3.63, 3.8) is 0 Å². The van der Waals surface area contributed by atoms with Crippen LogP contribution in [-0.2, 0) is 11.8 Å². The van der Waals surface area contributed by atoms with Gasteiger partial charge < -0.3 is 0 Å². The Morgan fingerprint density at radius 3 is 2.92 bits per heavy atom. The quantitative estimate of drug-likeness (QED) is 0.325. The molecule has 6 heteroatoms. The molecule has 5 nitrogen and oxygen atoms in total. The van der Waals surface area contributed by atoms with Gasteiger partial charge in [0.1, 0.15) is 0 Å². The molecule has 0 aliphatic carbocycles. The number of aryl methyl sites for hydroxylation is 2. The third kappa shape index (κ3) is 3.83. The molecule has 2 aromatic carbocycles. The van der Waals surface area contributed by atoms with Crippen LogP contribution < -0.4 is 9.99 Å². The number of amides is 1. The Morgan fingerprint density at radius 1 is 1.29 bits per heavy atom. The van der Waals surface area contributed by atoms with Crippen molar-refractivity contribution in [2.45, 2.75) is 12.1 Å². The van der Waals surface area contributed by atoms with E-state index in [1.807, 2.05) is 67.1 Å². The molecule has 0 bridgehead atoms. The van der Waals surface area contributed by atoms with E-state index in [-0.39, 0.29) is 5.91 Å². The van der Waals surface area contributed by atoms with E-state index in [1.165, 1.54) is 11.8 Å². The second-order valence-electron chi connectivity index (χ2n) is 5.50. The molecule has 0 fully saturated rings. The number of aromatic amines is 1. The first-order chi connectivity index (χ1) is 11.6. The normalized spacial score (nSPS) is 11.2. The summed E-state index contributed by atoms with van der Waals surface area (Å²) in [4.78, 5) is 15.2. The second-order valence-corrected chi connectivity index (χ2v) is 6.47. The summed E-state index contributed by atoms with van der Waals surface area (Å²) >= 11 is 1.45. The highest BCUT2D eigenvalue weighted by molar-refractivity contribution is 7.99. The molecule has 122 valence electrons. The zero-order valence-electron chi connectivity index (χ0n) is 13.6. The Bertz CT molecular complexity index is 901. The molecule has 0 saturated carbocycles. The monoisotopic (exact) mass is 339 g/mol. The van der Waals surface area contributed by atoms with Gasteiger partial charge in [-0.05, 0) is 36.4 Å². The lowest BCUT2D eigenvalue weighted by Gasteiger charge is -1.98. The summed E-state index contributed by atoms with van der Waals surface area (Å²) < 4.78 is 2.04. The fourth-order valence-electron chi connectivity index (χ4n) is 2.41. The Labute approximate surface area is 144 Å². The van der Waals surface area contributed by atoms with Gasteiger partial charge in [-0.15, -0.1) is 0 Å². The first-order valence-corrected chi connectivity index (χ1v) is 8.60. The summed E-state index contributed by atoms with van der Waals surface area (Å²) in [7, 11) is 1.98. The first-order valence-electron chi connectivity index (χ1n) is 7.61. The van der Waals surface area contributed by atoms with Gasteiger partial charge in [-0.25, -0.2) is 15.0 Å². The van der Waals surface area contributed by atoms with Gasteiger partial charge in [0.05, 0.1) is 19.0 Å². The van der Waals surface area contributed by atoms with Crippen LogP contribution in [0.15, 0.2) is 58.8 Å². The molecule has 0 aliphatic rings. The van der Waals surface area contributed by atoms with Gasteiger partial charge in [0.25, 0.3) is 5.91 Å². The van der Waals surface area contributed by atoms with Crippen molar-refractivity contribution in [1.82, 2.24) is 10.4 Å². The smallest absolute Gasteiger partial charge is 0.272 e. The Balaban J connectivity index is 1.56. The van der Waals surface area contributed by atoms with Crippen molar-refractivity contribution in [2.24, 2.45) is 12.1 Å². The minimum absolute atomic E-state index is 0.137. The van der Waals surface area contributed by atoms with Gasteiger partial charge in [0.15, 0.2) is 11.0 Å². The molecule has 3 aromatic rings. The van der Waals surface area contributed by atoms with Crippen LogP contribution >= 0.6 is 11.8 Å². The van der Waals surface area contributed by atoms with Crippen LogP contribution in [0.2, 0.25) is 0 Å². The molecule has 1 amide bonds. The number of benzene rings is 2. The summed E-state index contributed by atoms with van der Waals surface area (Å²) in [5, 5.41) is 4.94. The van der Waals surface area contributed by atoms with Gasteiger partial charge in [0.2, 0.25) is 0 Å². The third-order valence-corrected chi connectivity index (χ3v) is 4.65. The SMILES string of the molecule is Cc1cccc(C=NNC(=O)CSc2[nH]c3ccccc3[n+]2C)c1. The minimum Gasteiger partial charge on any atom is -0.272 e. The number of hydrogen-bond donors (Lipinski definition) is 2. The maximum atomic E-state index is 11.9. The predicted octanol–water partition coefficient (Wildman–Crippen LogP) is 2.54. The Morgan fingerprint density at radius 2 is 2.12 bits per heavy atom. The van der Waals surface area contributed by atoms with Gasteiger partial charge >= 0.3 is 5.16 Å². The van der Waals surface area contributed by atoms with Gasteiger partial charge in [0, 0.05) is 0 Å². The molecule has 0 radical (unpaired) electrons. The van der Waals surface area contributed by atoms with Crippen LogP contribution in [0.4, 0.5) is 0 Å². The van der Waals surface area contributed by atoms with Gasteiger partial charge in [-0.2, -0.15) is 5.10 Å². The molecule has 0 saturated heterocycles. The number of aromatic nitrogens is 2. The number of H-pyrrole nitrogens is 1. The minimum atomic E-state index is -0.137. The maximum absolute atomic E-state index is 11.9. The van der Waals surface area contributed by atoms with E-state index < -0.39 is 0 Å². The number of nitrogens with one attached hydrogen (secondary N) is 2. The molecule has 0 aliphatic heterocycles. The highest BCUT2D eigenvalue weighted by atomic mass is 32.2. The second kappa shape index (κ2) is 7.31. The molecule has 2 N–H and O–H groups in total. The number of carbonyl (C=O) groups excluding carboxylic acids is 1. The molecule has 0 spiro atoms. The lowest BCUT2D eigenvalue weighted by atomic mass is 10.2. The number of nitrogens with zero attached hydrogens (tertiary/aromatic N) is 2. The van der Waals surface area contributed by atoms with Crippen molar-refractivity contribution >= 4 is 34.9 Å². The maximum Gasteiger partial charge on any atom is 0.317 e.